The molecule has 0 bridgehead atoms. The second-order valence-electron chi connectivity index (χ2n) is 2.52. The molecule has 0 spiro atoms. The van der Waals surface area contributed by atoms with E-state index in [-0.39, 0.29) is 17.0 Å². The molecule has 0 aromatic carbocycles. The summed E-state index contributed by atoms with van der Waals surface area (Å²) >= 11 is 5.43. The second-order valence-corrected chi connectivity index (χ2v) is 4.34. The highest BCUT2D eigenvalue weighted by Gasteiger charge is 2.15. The first-order valence-corrected chi connectivity index (χ1v) is 5.11. The fourth-order valence-electron chi connectivity index (χ4n) is 1.30. The maximum atomic E-state index is 3.54. The first kappa shape index (κ1) is 9.71. The summed E-state index contributed by atoms with van der Waals surface area (Å²) in [5.74, 6) is 0. The van der Waals surface area contributed by atoms with Crippen molar-refractivity contribution in [1.29, 1.82) is 0 Å². The number of quaternary nitrogens is 1. The Kier molecular flexibility index (Phi) is 3.55. The van der Waals surface area contributed by atoms with Crippen molar-refractivity contribution in [2.45, 2.75) is 13.0 Å². The molecule has 2 N–H and O–H groups in total. The Morgan fingerprint density at radius 1 is 1.55 bits per heavy atom. The predicted octanol–water partition coefficient (Wildman–Crippen LogP) is -1.87. The van der Waals surface area contributed by atoms with Crippen LogP contribution in [0, 0.1) is 0 Å². The van der Waals surface area contributed by atoms with Gasteiger partial charge in [-0.25, -0.2) is 0 Å². The minimum Gasteiger partial charge on any atom is -1.00 e. The lowest BCUT2D eigenvalue weighted by Gasteiger charge is -2.09. The molecular weight excluding hydrogens is 290 g/mol. The molecule has 11 heavy (non-hydrogen) atoms. The van der Waals surface area contributed by atoms with E-state index in [1.807, 2.05) is 11.3 Å². The Labute approximate surface area is 89.1 Å². The molecule has 0 saturated carbocycles. The maximum Gasteiger partial charge on any atom is 0.103 e. The number of halogens is 2. The summed E-state index contributed by atoms with van der Waals surface area (Å²) in [6.07, 6.45) is 1.26. The van der Waals surface area contributed by atoms with Crippen molar-refractivity contribution >= 4 is 27.3 Å². The lowest BCUT2D eigenvalue weighted by Crippen LogP contribution is -3.00. The van der Waals surface area contributed by atoms with E-state index in [4.69, 9.17) is 0 Å². The van der Waals surface area contributed by atoms with Crippen LogP contribution < -0.4 is 22.3 Å². The topological polar surface area (TPSA) is 16.6 Å². The number of nitrogens with two attached hydrogens (primary N) is 1. The number of rotatable bonds is 0. The molecule has 1 aromatic rings. The molecule has 0 aliphatic carbocycles. The standard InChI is InChI=1S/C7H8BrNS.BrH/c8-6-4-10-7-1-2-9-3-5(6)7;/h4,9H,1-3H2;1H. The van der Waals surface area contributed by atoms with Crippen LogP contribution in [0.25, 0.3) is 0 Å². The molecule has 0 saturated heterocycles. The second kappa shape index (κ2) is 4.03. The Balaban J connectivity index is 0.000000605. The smallest absolute Gasteiger partial charge is 0.103 e. The number of hydrogen-bond acceptors (Lipinski definition) is 1. The van der Waals surface area contributed by atoms with E-state index in [0.29, 0.717) is 0 Å². The van der Waals surface area contributed by atoms with Crippen molar-refractivity contribution in [1.82, 2.24) is 0 Å². The van der Waals surface area contributed by atoms with Gasteiger partial charge >= 0.3 is 0 Å². The van der Waals surface area contributed by atoms with Crippen LogP contribution in [0.2, 0.25) is 0 Å². The maximum absolute atomic E-state index is 3.54. The highest BCUT2D eigenvalue weighted by Crippen LogP contribution is 2.27. The van der Waals surface area contributed by atoms with Gasteiger partial charge in [0.1, 0.15) is 6.54 Å². The van der Waals surface area contributed by atoms with Gasteiger partial charge in [-0.2, -0.15) is 0 Å². The number of thiophene rings is 1. The average Bonchev–Trinajstić information content (AvgIpc) is 2.34. The molecule has 1 aromatic heterocycles. The van der Waals surface area contributed by atoms with Gasteiger partial charge in [0.2, 0.25) is 0 Å². The van der Waals surface area contributed by atoms with Crippen LogP contribution in [0.15, 0.2) is 9.85 Å². The average molecular weight is 299 g/mol. The molecular formula is C7H9Br2NS. The van der Waals surface area contributed by atoms with Gasteiger partial charge in [0.05, 0.1) is 6.54 Å². The van der Waals surface area contributed by atoms with Gasteiger partial charge < -0.3 is 22.3 Å². The summed E-state index contributed by atoms with van der Waals surface area (Å²) in [7, 11) is 0. The molecule has 0 unspecified atom stereocenters. The number of hydrogen-bond donors (Lipinski definition) is 1. The van der Waals surface area contributed by atoms with Crippen LogP contribution in [-0.4, -0.2) is 6.54 Å². The zero-order valence-corrected chi connectivity index (χ0v) is 9.93. The van der Waals surface area contributed by atoms with Gasteiger partial charge in [-0.15, -0.1) is 11.3 Å². The van der Waals surface area contributed by atoms with Crippen LogP contribution in [0.1, 0.15) is 10.4 Å². The zero-order chi connectivity index (χ0) is 6.97. The van der Waals surface area contributed by atoms with Crippen LogP contribution in [-0.2, 0) is 13.0 Å². The van der Waals surface area contributed by atoms with Crippen LogP contribution in [0.5, 0.6) is 0 Å². The van der Waals surface area contributed by atoms with Crippen LogP contribution in [0.4, 0.5) is 0 Å². The largest absolute Gasteiger partial charge is 1.00 e. The number of fused-ring (bicyclic) bond motifs is 1. The van der Waals surface area contributed by atoms with Crippen molar-refractivity contribution in [3.8, 4) is 0 Å². The van der Waals surface area contributed by atoms with Crippen LogP contribution in [0.3, 0.4) is 0 Å². The van der Waals surface area contributed by atoms with E-state index in [2.05, 4.69) is 26.6 Å². The highest BCUT2D eigenvalue weighted by atomic mass is 79.9. The zero-order valence-electron chi connectivity index (χ0n) is 5.94. The van der Waals surface area contributed by atoms with E-state index in [9.17, 15) is 0 Å². The van der Waals surface area contributed by atoms with Gasteiger partial charge in [0, 0.05) is 26.7 Å². The third kappa shape index (κ3) is 1.86. The monoisotopic (exact) mass is 297 g/mol. The Morgan fingerprint density at radius 3 is 3.09 bits per heavy atom. The van der Waals surface area contributed by atoms with Crippen molar-refractivity contribution in [2.75, 3.05) is 6.54 Å². The molecule has 0 amide bonds. The third-order valence-electron chi connectivity index (χ3n) is 1.85. The first-order chi connectivity index (χ1) is 4.88. The Bertz CT molecular complexity index is 247. The lowest BCUT2D eigenvalue weighted by molar-refractivity contribution is -0.673. The summed E-state index contributed by atoms with van der Waals surface area (Å²) in [5, 5.41) is 4.56. The SMILES string of the molecule is Brc1csc2c1C[NH2+]CC2.[Br-]. The van der Waals surface area contributed by atoms with Crippen LogP contribution >= 0.6 is 27.3 Å². The summed E-state index contributed by atoms with van der Waals surface area (Å²) in [4.78, 5) is 1.58. The summed E-state index contributed by atoms with van der Waals surface area (Å²) in [6, 6.07) is 0. The normalized spacial score (nSPS) is 15.4. The quantitative estimate of drug-likeness (QED) is 0.578. The molecule has 1 nitrogen and oxygen atoms in total. The summed E-state index contributed by atoms with van der Waals surface area (Å²) < 4.78 is 1.31. The third-order valence-corrected chi connectivity index (χ3v) is 3.95. The van der Waals surface area contributed by atoms with E-state index < -0.39 is 0 Å². The molecule has 2 heterocycles. The molecule has 1 aliphatic rings. The fourth-order valence-corrected chi connectivity index (χ4v) is 3.07. The van der Waals surface area contributed by atoms with E-state index in [0.717, 1.165) is 0 Å². The highest BCUT2D eigenvalue weighted by molar-refractivity contribution is 9.10. The van der Waals surface area contributed by atoms with Gasteiger partial charge in [0.25, 0.3) is 0 Å². The molecule has 0 atom stereocenters. The molecule has 0 fully saturated rings. The Hall–Kier alpha value is 0.620. The fraction of sp³-hybridized carbons (Fsp3) is 0.429. The van der Waals surface area contributed by atoms with Crippen molar-refractivity contribution in [2.24, 2.45) is 0 Å². The van der Waals surface area contributed by atoms with Gasteiger partial charge in [-0.1, -0.05) is 0 Å². The minimum absolute atomic E-state index is 0. The lowest BCUT2D eigenvalue weighted by atomic mass is 10.1. The summed E-state index contributed by atoms with van der Waals surface area (Å²) in [6.45, 7) is 2.43. The van der Waals surface area contributed by atoms with Crippen molar-refractivity contribution in [3.63, 3.8) is 0 Å². The van der Waals surface area contributed by atoms with Gasteiger partial charge in [0.15, 0.2) is 0 Å². The molecule has 0 radical (unpaired) electrons. The first-order valence-electron chi connectivity index (χ1n) is 3.44. The molecule has 1 aliphatic heterocycles. The summed E-state index contributed by atoms with van der Waals surface area (Å²) in [5.41, 5.74) is 1.52. The predicted molar refractivity (Wildman–Crippen MR) is 46.2 cm³/mol. The molecule has 62 valence electrons. The van der Waals surface area contributed by atoms with Gasteiger partial charge in [-0.05, 0) is 15.9 Å². The van der Waals surface area contributed by atoms with E-state index in [1.54, 1.807) is 4.88 Å². The van der Waals surface area contributed by atoms with Crippen molar-refractivity contribution in [3.05, 3.63) is 20.3 Å². The van der Waals surface area contributed by atoms with E-state index in [1.165, 1.54) is 29.5 Å². The minimum atomic E-state index is 0. The van der Waals surface area contributed by atoms with Gasteiger partial charge in [-0.3, -0.25) is 0 Å². The Morgan fingerprint density at radius 2 is 2.36 bits per heavy atom. The van der Waals surface area contributed by atoms with E-state index >= 15 is 0 Å². The molecule has 4 heteroatoms. The van der Waals surface area contributed by atoms with Crippen molar-refractivity contribution < 1.29 is 22.3 Å². The molecule has 2 rings (SSSR count).